The van der Waals surface area contributed by atoms with E-state index in [0.29, 0.717) is 30.4 Å². The Morgan fingerprint density at radius 3 is 2.50 bits per heavy atom. The molecular weight excluding hydrogens is 250 g/mol. The topological polar surface area (TPSA) is 55.2 Å². The average Bonchev–Trinajstić information content (AvgIpc) is 2.71. The molecule has 0 bridgehead atoms. The number of aryl methyl sites for hydroxylation is 1. The molecule has 6 heteroatoms. The number of rotatable bonds is 3. The summed E-state index contributed by atoms with van der Waals surface area (Å²) in [7, 11) is -3.36. The van der Waals surface area contributed by atoms with Crippen LogP contribution in [0.3, 0.4) is 0 Å². The van der Waals surface area contributed by atoms with Crippen molar-refractivity contribution in [2.45, 2.75) is 45.1 Å². The Morgan fingerprint density at radius 2 is 2.00 bits per heavy atom. The summed E-state index contributed by atoms with van der Waals surface area (Å²) in [6.45, 7) is 7.89. The zero-order valence-electron chi connectivity index (χ0n) is 11.3. The van der Waals surface area contributed by atoms with E-state index >= 15 is 0 Å². The van der Waals surface area contributed by atoms with Crippen LogP contribution in [-0.4, -0.2) is 35.6 Å². The summed E-state index contributed by atoms with van der Waals surface area (Å²) in [5, 5.41) is 4.12. The largest absolute Gasteiger partial charge is 0.269 e. The van der Waals surface area contributed by atoms with Gasteiger partial charge in [0.15, 0.2) is 0 Å². The molecule has 0 saturated carbocycles. The third-order valence-corrected chi connectivity index (χ3v) is 5.72. The molecule has 102 valence electrons. The third kappa shape index (κ3) is 2.31. The van der Waals surface area contributed by atoms with Gasteiger partial charge in [0.1, 0.15) is 4.90 Å². The van der Waals surface area contributed by atoms with Crippen LogP contribution < -0.4 is 0 Å². The fraction of sp³-hybridized carbons (Fsp3) is 0.750. The molecule has 0 unspecified atom stereocenters. The molecule has 1 saturated heterocycles. The van der Waals surface area contributed by atoms with E-state index in [1.54, 1.807) is 8.99 Å². The lowest BCUT2D eigenvalue weighted by Gasteiger charge is -2.29. The zero-order chi connectivity index (χ0) is 13.3. The number of hydrogen-bond donors (Lipinski definition) is 0. The molecule has 1 aliphatic heterocycles. The molecule has 0 aromatic carbocycles. The summed E-state index contributed by atoms with van der Waals surface area (Å²) in [5.74, 6) is 0.621. The van der Waals surface area contributed by atoms with Gasteiger partial charge in [-0.15, -0.1) is 0 Å². The van der Waals surface area contributed by atoms with Gasteiger partial charge in [-0.05, 0) is 32.6 Å². The van der Waals surface area contributed by atoms with Crippen molar-refractivity contribution in [3.63, 3.8) is 0 Å². The first kappa shape index (κ1) is 13.5. The fourth-order valence-electron chi connectivity index (χ4n) is 2.37. The first-order chi connectivity index (χ1) is 8.46. The number of piperidine rings is 1. The van der Waals surface area contributed by atoms with E-state index in [2.05, 4.69) is 12.0 Å². The maximum atomic E-state index is 12.5. The van der Waals surface area contributed by atoms with Gasteiger partial charge in [0.25, 0.3) is 0 Å². The van der Waals surface area contributed by atoms with Gasteiger partial charge in [-0.25, -0.2) is 8.42 Å². The van der Waals surface area contributed by atoms with Crippen molar-refractivity contribution in [1.82, 2.24) is 14.1 Å². The second kappa shape index (κ2) is 5.01. The van der Waals surface area contributed by atoms with Crippen molar-refractivity contribution in [3.8, 4) is 0 Å². The Balaban J connectivity index is 2.28. The molecule has 2 heterocycles. The monoisotopic (exact) mass is 271 g/mol. The predicted molar refractivity (Wildman–Crippen MR) is 69.8 cm³/mol. The van der Waals surface area contributed by atoms with Crippen LogP contribution in [0.1, 0.15) is 32.4 Å². The third-order valence-electron chi connectivity index (χ3n) is 3.72. The standard InChI is InChI=1S/C12H21N3O2S/c1-4-15-11(3)12(9-13-15)18(16,17)14-7-5-10(2)6-8-14/h9-10H,4-8H2,1-3H3. The Bertz CT molecular complexity index is 513. The molecule has 18 heavy (non-hydrogen) atoms. The van der Waals surface area contributed by atoms with Crippen LogP contribution in [0.4, 0.5) is 0 Å². The van der Waals surface area contributed by atoms with Crippen LogP contribution in [0, 0.1) is 12.8 Å². The fourth-order valence-corrected chi connectivity index (χ4v) is 3.99. The van der Waals surface area contributed by atoms with Crippen LogP contribution in [0.25, 0.3) is 0 Å². The first-order valence-electron chi connectivity index (χ1n) is 6.49. The number of aromatic nitrogens is 2. The highest BCUT2D eigenvalue weighted by Crippen LogP contribution is 2.25. The van der Waals surface area contributed by atoms with E-state index in [1.807, 2.05) is 13.8 Å². The quantitative estimate of drug-likeness (QED) is 0.839. The van der Waals surface area contributed by atoms with Crippen molar-refractivity contribution in [3.05, 3.63) is 11.9 Å². The molecule has 0 spiro atoms. The van der Waals surface area contributed by atoms with Crippen molar-refractivity contribution < 1.29 is 8.42 Å². The molecule has 2 rings (SSSR count). The van der Waals surface area contributed by atoms with Gasteiger partial charge >= 0.3 is 0 Å². The van der Waals surface area contributed by atoms with E-state index in [-0.39, 0.29) is 0 Å². The molecule has 1 aliphatic rings. The first-order valence-corrected chi connectivity index (χ1v) is 7.93. The smallest absolute Gasteiger partial charge is 0.246 e. The van der Waals surface area contributed by atoms with Crippen LogP contribution in [0.5, 0.6) is 0 Å². The Labute approximate surface area is 109 Å². The second-order valence-electron chi connectivity index (χ2n) is 5.00. The SMILES string of the molecule is CCn1ncc(S(=O)(=O)N2CCC(C)CC2)c1C. The van der Waals surface area contributed by atoms with Crippen LogP contribution >= 0.6 is 0 Å². The summed E-state index contributed by atoms with van der Waals surface area (Å²) in [4.78, 5) is 0.360. The number of hydrogen-bond acceptors (Lipinski definition) is 3. The van der Waals surface area contributed by atoms with E-state index in [9.17, 15) is 8.42 Å². The zero-order valence-corrected chi connectivity index (χ0v) is 12.1. The van der Waals surface area contributed by atoms with Gasteiger partial charge in [0.05, 0.1) is 11.9 Å². The van der Waals surface area contributed by atoms with Crippen LogP contribution in [0.15, 0.2) is 11.1 Å². The van der Waals surface area contributed by atoms with Crippen molar-refractivity contribution in [2.24, 2.45) is 5.92 Å². The summed E-state index contributed by atoms with van der Waals surface area (Å²) in [6.07, 6.45) is 3.37. The molecule has 5 nitrogen and oxygen atoms in total. The lowest BCUT2D eigenvalue weighted by atomic mass is 10.0. The van der Waals surface area contributed by atoms with Crippen LogP contribution in [-0.2, 0) is 16.6 Å². The lowest BCUT2D eigenvalue weighted by Crippen LogP contribution is -2.38. The minimum atomic E-state index is -3.36. The van der Waals surface area contributed by atoms with Crippen LogP contribution in [0.2, 0.25) is 0 Å². The average molecular weight is 271 g/mol. The van der Waals surface area contributed by atoms with Crippen molar-refractivity contribution in [2.75, 3.05) is 13.1 Å². The van der Waals surface area contributed by atoms with Gasteiger partial charge in [0.2, 0.25) is 10.0 Å². The van der Waals surface area contributed by atoms with Gasteiger partial charge in [0, 0.05) is 19.6 Å². The molecule has 0 N–H and O–H groups in total. The van der Waals surface area contributed by atoms with E-state index in [1.165, 1.54) is 6.20 Å². The summed E-state index contributed by atoms with van der Waals surface area (Å²) in [5.41, 5.74) is 0.733. The summed E-state index contributed by atoms with van der Waals surface area (Å²) < 4.78 is 28.3. The minimum Gasteiger partial charge on any atom is -0.269 e. The number of nitrogens with zero attached hydrogens (tertiary/aromatic N) is 3. The highest BCUT2D eigenvalue weighted by molar-refractivity contribution is 7.89. The summed E-state index contributed by atoms with van der Waals surface area (Å²) in [6, 6.07) is 0. The highest BCUT2D eigenvalue weighted by Gasteiger charge is 2.30. The Morgan fingerprint density at radius 1 is 1.39 bits per heavy atom. The van der Waals surface area contributed by atoms with Crippen molar-refractivity contribution >= 4 is 10.0 Å². The predicted octanol–water partition coefficient (Wildman–Crippen LogP) is 1.63. The normalized spacial score (nSPS) is 19.3. The molecule has 0 amide bonds. The second-order valence-corrected chi connectivity index (χ2v) is 6.90. The molecule has 1 fully saturated rings. The van der Waals surface area contributed by atoms with Gasteiger partial charge in [-0.1, -0.05) is 6.92 Å². The maximum Gasteiger partial charge on any atom is 0.246 e. The molecule has 0 radical (unpaired) electrons. The van der Waals surface area contributed by atoms with Gasteiger partial charge in [-0.3, -0.25) is 4.68 Å². The maximum absolute atomic E-state index is 12.5. The van der Waals surface area contributed by atoms with Gasteiger partial charge in [-0.2, -0.15) is 9.40 Å². The van der Waals surface area contributed by atoms with E-state index < -0.39 is 10.0 Å². The van der Waals surface area contributed by atoms with E-state index in [0.717, 1.165) is 18.5 Å². The molecule has 1 aromatic rings. The Hall–Kier alpha value is -0.880. The molecule has 0 aliphatic carbocycles. The summed E-state index contributed by atoms with van der Waals surface area (Å²) >= 11 is 0. The molecular formula is C12H21N3O2S. The number of sulfonamides is 1. The Kier molecular flexibility index (Phi) is 3.77. The van der Waals surface area contributed by atoms with Crippen molar-refractivity contribution in [1.29, 1.82) is 0 Å². The minimum absolute atomic E-state index is 0.360. The highest BCUT2D eigenvalue weighted by atomic mass is 32.2. The van der Waals surface area contributed by atoms with E-state index in [4.69, 9.17) is 0 Å². The van der Waals surface area contributed by atoms with Gasteiger partial charge < -0.3 is 0 Å². The molecule has 1 aromatic heterocycles. The lowest BCUT2D eigenvalue weighted by molar-refractivity contribution is 0.288. The molecule has 0 atom stereocenters.